The summed E-state index contributed by atoms with van der Waals surface area (Å²) in [4.78, 5) is 20.4. The van der Waals surface area contributed by atoms with Crippen molar-refractivity contribution < 1.29 is 17.6 Å². The number of sulfonamides is 1. The van der Waals surface area contributed by atoms with Crippen LogP contribution in [0.25, 0.3) is 0 Å². The van der Waals surface area contributed by atoms with Crippen LogP contribution in [0.15, 0.2) is 53.7 Å². The van der Waals surface area contributed by atoms with Crippen LogP contribution in [-0.4, -0.2) is 73.2 Å². The smallest absolute Gasteiger partial charge is 0.243 e. The number of carbonyl (C=O) groups excluding carboxylic acids is 1. The molecule has 1 aliphatic rings. The number of nitrogens with zero attached hydrogens (tertiary/aromatic N) is 4. The van der Waals surface area contributed by atoms with Crippen LogP contribution in [-0.2, 0) is 21.4 Å². The Balaban J connectivity index is 1.53. The molecule has 28 heavy (non-hydrogen) atoms. The maximum Gasteiger partial charge on any atom is 0.243 e. The topological polar surface area (TPSA) is 73.8 Å². The Bertz CT molecular complexity index is 899. The van der Waals surface area contributed by atoms with Crippen LogP contribution in [0.5, 0.6) is 0 Å². The van der Waals surface area contributed by atoms with E-state index in [0.717, 1.165) is 36.1 Å². The molecule has 150 valence electrons. The number of amides is 1. The predicted octanol–water partition coefficient (Wildman–Crippen LogP) is 1.19. The molecule has 0 N–H and O–H groups in total. The van der Waals surface area contributed by atoms with Gasteiger partial charge in [-0.3, -0.25) is 14.7 Å². The maximum atomic E-state index is 13.0. The van der Waals surface area contributed by atoms with Gasteiger partial charge >= 0.3 is 0 Å². The van der Waals surface area contributed by atoms with Crippen molar-refractivity contribution in [1.82, 2.24) is 19.1 Å². The van der Waals surface area contributed by atoms with Crippen LogP contribution in [0.3, 0.4) is 0 Å². The van der Waals surface area contributed by atoms with Gasteiger partial charge in [-0.25, -0.2) is 12.8 Å². The summed E-state index contributed by atoms with van der Waals surface area (Å²) >= 11 is 0. The third kappa shape index (κ3) is 4.92. The molecule has 0 saturated carbocycles. The minimum Gasteiger partial charge on any atom is -0.339 e. The summed E-state index contributed by atoms with van der Waals surface area (Å²) < 4.78 is 39.1. The molecular weight excluding hydrogens is 383 g/mol. The Labute approximate surface area is 164 Å². The number of piperazine rings is 1. The zero-order valence-corrected chi connectivity index (χ0v) is 16.5. The van der Waals surface area contributed by atoms with Gasteiger partial charge in [-0.1, -0.05) is 0 Å². The Morgan fingerprint density at radius 1 is 1.07 bits per heavy atom. The number of hydrogen-bond donors (Lipinski definition) is 0. The Hall–Kier alpha value is -2.36. The molecule has 1 aromatic carbocycles. The van der Waals surface area contributed by atoms with Crippen molar-refractivity contribution in [3.63, 3.8) is 0 Å². The number of benzene rings is 1. The summed E-state index contributed by atoms with van der Waals surface area (Å²) in [6.45, 7) is 3.10. The van der Waals surface area contributed by atoms with Crippen molar-refractivity contribution in [2.75, 3.05) is 39.8 Å². The van der Waals surface area contributed by atoms with Gasteiger partial charge in [0.15, 0.2) is 0 Å². The molecule has 0 bridgehead atoms. The van der Waals surface area contributed by atoms with Crippen molar-refractivity contribution in [3.8, 4) is 0 Å². The van der Waals surface area contributed by atoms with Crippen LogP contribution < -0.4 is 0 Å². The van der Waals surface area contributed by atoms with Crippen LogP contribution in [0.4, 0.5) is 4.39 Å². The van der Waals surface area contributed by atoms with Gasteiger partial charge in [-0.2, -0.15) is 4.31 Å². The lowest BCUT2D eigenvalue weighted by molar-refractivity contribution is -0.133. The molecule has 2 heterocycles. The van der Waals surface area contributed by atoms with Gasteiger partial charge in [0.25, 0.3) is 0 Å². The number of likely N-dealkylation sites (N-methyl/N-ethyl adjacent to an activating group) is 1. The first kappa shape index (κ1) is 20.4. The van der Waals surface area contributed by atoms with E-state index in [9.17, 15) is 17.6 Å². The average molecular weight is 406 g/mol. The van der Waals surface area contributed by atoms with Crippen molar-refractivity contribution in [2.24, 2.45) is 0 Å². The highest BCUT2D eigenvalue weighted by atomic mass is 32.2. The molecule has 2 aromatic rings. The summed E-state index contributed by atoms with van der Waals surface area (Å²) in [7, 11) is -2.48. The third-order valence-electron chi connectivity index (χ3n) is 4.76. The molecule has 0 atom stereocenters. The summed E-state index contributed by atoms with van der Waals surface area (Å²) in [5.74, 6) is -0.751. The highest BCUT2D eigenvalue weighted by molar-refractivity contribution is 7.89. The van der Waals surface area contributed by atoms with E-state index in [4.69, 9.17) is 0 Å². The Morgan fingerprint density at radius 2 is 1.68 bits per heavy atom. The van der Waals surface area contributed by atoms with Crippen LogP contribution in [0.2, 0.25) is 0 Å². The monoisotopic (exact) mass is 406 g/mol. The van der Waals surface area contributed by atoms with E-state index in [0.29, 0.717) is 13.1 Å². The number of pyridine rings is 1. The molecule has 0 aliphatic carbocycles. The van der Waals surface area contributed by atoms with Gasteiger partial charge in [-0.15, -0.1) is 0 Å². The van der Waals surface area contributed by atoms with E-state index in [1.807, 2.05) is 12.1 Å². The first-order valence-electron chi connectivity index (χ1n) is 8.97. The second-order valence-corrected chi connectivity index (χ2v) is 8.77. The molecule has 0 unspecified atom stereocenters. The molecule has 7 nitrogen and oxygen atoms in total. The van der Waals surface area contributed by atoms with Gasteiger partial charge in [0.2, 0.25) is 15.9 Å². The lowest BCUT2D eigenvalue weighted by Crippen LogP contribution is -2.51. The minimum absolute atomic E-state index is 0.0358. The molecule has 0 spiro atoms. The first-order valence-corrected chi connectivity index (χ1v) is 10.4. The standard InChI is InChI=1S/C19H23FN4O3S/c1-22(28(26,27)18-4-2-17(20)3-5-18)15-19(25)24-12-10-23(11-13-24)14-16-6-8-21-9-7-16/h2-9H,10-15H2,1H3. The molecule has 1 fully saturated rings. The van der Waals surface area contributed by atoms with Gasteiger partial charge in [0.05, 0.1) is 11.4 Å². The fourth-order valence-corrected chi connectivity index (χ4v) is 4.18. The van der Waals surface area contributed by atoms with E-state index in [2.05, 4.69) is 9.88 Å². The summed E-state index contributed by atoms with van der Waals surface area (Å²) in [6.07, 6.45) is 3.51. The molecule has 0 radical (unpaired) electrons. The molecule has 1 aromatic heterocycles. The fraction of sp³-hybridized carbons (Fsp3) is 0.368. The third-order valence-corrected chi connectivity index (χ3v) is 6.58. The summed E-state index contributed by atoms with van der Waals surface area (Å²) in [5.41, 5.74) is 1.17. The summed E-state index contributed by atoms with van der Waals surface area (Å²) in [6, 6.07) is 8.50. The first-order chi connectivity index (χ1) is 13.4. The second kappa shape index (κ2) is 8.76. The van der Waals surface area contributed by atoms with Crippen molar-refractivity contribution in [3.05, 3.63) is 60.2 Å². The summed E-state index contributed by atoms with van der Waals surface area (Å²) in [5, 5.41) is 0. The van der Waals surface area contributed by atoms with Crippen molar-refractivity contribution >= 4 is 15.9 Å². The maximum absolute atomic E-state index is 13.0. The van der Waals surface area contributed by atoms with E-state index in [-0.39, 0.29) is 17.3 Å². The average Bonchev–Trinajstić information content (AvgIpc) is 2.69. The minimum atomic E-state index is -3.84. The molecule has 1 aliphatic heterocycles. The number of halogens is 1. The number of aromatic nitrogens is 1. The molecule has 1 amide bonds. The quantitative estimate of drug-likeness (QED) is 0.720. The number of carbonyl (C=O) groups is 1. The second-order valence-electron chi connectivity index (χ2n) is 6.73. The van der Waals surface area contributed by atoms with Gasteiger partial charge in [0, 0.05) is 52.2 Å². The molecule has 3 rings (SSSR count). The number of rotatable bonds is 6. The van der Waals surface area contributed by atoms with Crippen LogP contribution in [0.1, 0.15) is 5.56 Å². The Morgan fingerprint density at radius 3 is 2.29 bits per heavy atom. The van der Waals surface area contributed by atoms with Gasteiger partial charge < -0.3 is 4.90 Å². The lowest BCUT2D eigenvalue weighted by atomic mass is 10.2. The van der Waals surface area contributed by atoms with Crippen molar-refractivity contribution in [1.29, 1.82) is 0 Å². The fourth-order valence-electron chi connectivity index (χ4n) is 3.06. The zero-order valence-electron chi connectivity index (χ0n) is 15.7. The lowest BCUT2D eigenvalue weighted by Gasteiger charge is -2.35. The van der Waals surface area contributed by atoms with Crippen LogP contribution in [0, 0.1) is 5.82 Å². The molecular formula is C19H23FN4O3S. The number of hydrogen-bond acceptors (Lipinski definition) is 5. The SMILES string of the molecule is CN(CC(=O)N1CCN(Cc2ccncc2)CC1)S(=O)(=O)c1ccc(F)cc1. The van der Waals surface area contributed by atoms with E-state index < -0.39 is 15.8 Å². The van der Waals surface area contributed by atoms with Gasteiger partial charge in [0.1, 0.15) is 5.82 Å². The highest BCUT2D eigenvalue weighted by Gasteiger charge is 2.27. The largest absolute Gasteiger partial charge is 0.339 e. The van der Waals surface area contributed by atoms with E-state index >= 15 is 0 Å². The predicted molar refractivity (Wildman–Crippen MR) is 102 cm³/mol. The van der Waals surface area contributed by atoms with Gasteiger partial charge in [-0.05, 0) is 42.0 Å². The van der Waals surface area contributed by atoms with Crippen molar-refractivity contribution in [2.45, 2.75) is 11.4 Å². The van der Waals surface area contributed by atoms with E-state index in [1.54, 1.807) is 17.3 Å². The zero-order chi connectivity index (χ0) is 20.1. The highest BCUT2D eigenvalue weighted by Crippen LogP contribution is 2.15. The molecule has 9 heteroatoms. The van der Waals surface area contributed by atoms with Crippen LogP contribution >= 0.6 is 0 Å². The van der Waals surface area contributed by atoms with E-state index in [1.165, 1.54) is 24.7 Å². The normalized spacial score (nSPS) is 15.8. The Kier molecular flexibility index (Phi) is 6.38. The molecule has 1 saturated heterocycles.